The summed E-state index contributed by atoms with van der Waals surface area (Å²) in [6.07, 6.45) is 30.9. The van der Waals surface area contributed by atoms with Crippen molar-refractivity contribution in [1.29, 1.82) is 0 Å². The summed E-state index contributed by atoms with van der Waals surface area (Å²) in [7, 11) is -4.45. The van der Waals surface area contributed by atoms with Crippen molar-refractivity contribution in [3.63, 3.8) is 0 Å². The van der Waals surface area contributed by atoms with Crippen LogP contribution in [-0.4, -0.2) is 53.6 Å². The van der Waals surface area contributed by atoms with Crippen molar-refractivity contribution in [2.45, 2.75) is 207 Å². The van der Waals surface area contributed by atoms with Gasteiger partial charge in [-0.2, -0.15) is 0 Å². The monoisotopic (exact) mass is 750 g/mol. The molecule has 0 saturated heterocycles. The van der Waals surface area contributed by atoms with E-state index in [9.17, 15) is 23.8 Å². The van der Waals surface area contributed by atoms with Gasteiger partial charge in [0.05, 0.1) is 13.2 Å². The van der Waals surface area contributed by atoms with E-state index < -0.39 is 32.5 Å². The minimum atomic E-state index is -4.45. The number of thioether (sulfide) groups is 1. The van der Waals surface area contributed by atoms with Crippen LogP contribution in [0.5, 0.6) is 0 Å². The van der Waals surface area contributed by atoms with Crippen LogP contribution >= 0.6 is 19.6 Å². The SMILES string of the molecule is CCCCCCCCCCCCCCCC(=O)OC[C@H](COP(=O)(O)OCCSC(C)=O)OC(=O)CCCCCCCCCCCCCCC. The molecule has 0 saturated carbocycles. The topological polar surface area (TPSA) is 125 Å². The van der Waals surface area contributed by atoms with E-state index in [0.29, 0.717) is 6.42 Å². The molecule has 0 bridgehead atoms. The van der Waals surface area contributed by atoms with Crippen molar-refractivity contribution in [2.24, 2.45) is 0 Å². The Morgan fingerprint density at radius 2 is 0.940 bits per heavy atom. The lowest BCUT2D eigenvalue weighted by molar-refractivity contribution is -0.161. The van der Waals surface area contributed by atoms with Crippen LogP contribution in [0.25, 0.3) is 0 Å². The largest absolute Gasteiger partial charge is 0.472 e. The summed E-state index contributed by atoms with van der Waals surface area (Å²) in [5.74, 6) is -0.645. The van der Waals surface area contributed by atoms with Gasteiger partial charge in [0, 0.05) is 25.5 Å². The van der Waals surface area contributed by atoms with Gasteiger partial charge in [-0.15, -0.1) is 0 Å². The summed E-state index contributed by atoms with van der Waals surface area (Å²) in [6, 6.07) is 0. The quantitative estimate of drug-likeness (QED) is 0.0370. The van der Waals surface area contributed by atoms with Gasteiger partial charge in [-0.05, 0) is 12.8 Å². The van der Waals surface area contributed by atoms with E-state index in [2.05, 4.69) is 13.8 Å². The van der Waals surface area contributed by atoms with E-state index in [-0.39, 0.29) is 36.9 Å². The highest BCUT2D eigenvalue weighted by Gasteiger charge is 2.26. The molecular formula is C39H75O9PS. The van der Waals surface area contributed by atoms with Gasteiger partial charge in [0.25, 0.3) is 0 Å². The Hall–Kier alpha value is -0.930. The number of phosphoric ester groups is 1. The average Bonchev–Trinajstić information content (AvgIpc) is 3.08. The van der Waals surface area contributed by atoms with Gasteiger partial charge in [0.1, 0.15) is 6.61 Å². The Kier molecular flexibility index (Phi) is 35.8. The third kappa shape index (κ3) is 36.8. The number of hydrogen-bond donors (Lipinski definition) is 1. The third-order valence-electron chi connectivity index (χ3n) is 8.76. The number of unbranched alkanes of at least 4 members (excludes halogenated alkanes) is 24. The predicted molar refractivity (Wildman–Crippen MR) is 206 cm³/mol. The lowest BCUT2D eigenvalue weighted by Gasteiger charge is -2.20. The van der Waals surface area contributed by atoms with E-state index >= 15 is 0 Å². The molecule has 0 spiro atoms. The van der Waals surface area contributed by atoms with Gasteiger partial charge in [0.15, 0.2) is 11.2 Å². The van der Waals surface area contributed by atoms with Crippen molar-refractivity contribution in [3.8, 4) is 0 Å². The van der Waals surface area contributed by atoms with Crippen molar-refractivity contribution < 1.29 is 42.4 Å². The molecule has 2 atom stereocenters. The van der Waals surface area contributed by atoms with Gasteiger partial charge in [0.2, 0.25) is 0 Å². The fourth-order valence-corrected chi connectivity index (χ4v) is 7.07. The summed E-state index contributed by atoms with van der Waals surface area (Å²) in [5, 5.41) is -0.126. The average molecular weight is 751 g/mol. The Balaban J connectivity index is 4.34. The maximum atomic E-state index is 12.6. The van der Waals surface area contributed by atoms with E-state index in [1.165, 1.54) is 129 Å². The maximum Gasteiger partial charge on any atom is 0.472 e. The predicted octanol–water partition coefficient (Wildman–Crippen LogP) is 11.8. The van der Waals surface area contributed by atoms with Crippen molar-refractivity contribution in [1.82, 2.24) is 0 Å². The van der Waals surface area contributed by atoms with Crippen molar-refractivity contribution >= 4 is 36.6 Å². The molecule has 1 unspecified atom stereocenters. The number of rotatable bonds is 38. The number of ether oxygens (including phenoxy) is 2. The molecule has 0 aromatic rings. The zero-order chi connectivity index (χ0) is 37.0. The molecule has 50 heavy (non-hydrogen) atoms. The van der Waals surface area contributed by atoms with Crippen LogP contribution in [-0.2, 0) is 37.5 Å². The molecule has 9 nitrogen and oxygen atoms in total. The van der Waals surface area contributed by atoms with E-state index in [4.69, 9.17) is 18.5 Å². The zero-order valence-electron chi connectivity index (χ0n) is 32.3. The second-order valence-electron chi connectivity index (χ2n) is 13.7. The number of esters is 2. The molecule has 0 aliphatic carbocycles. The van der Waals surface area contributed by atoms with E-state index in [0.717, 1.165) is 50.3 Å². The van der Waals surface area contributed by atoms with E-state index in [1.807, 2.05) is 0 Å². The Labute approximate surface area is 310 Å². The van der Waals surface area contributed by atoms with Crippen molar-refractivity contribution in [2.75, 3.05) is 25.6 Å². The van der Waals surface area contributed by atoms with Crippen molar-refractivity contribution in [3.05, 3.63) is 0 Å². The fraction of sp³-hybridized carbons (Fsp3) is 0.923. The summed E-state index contributed by atoms with van der Waals surface area (Å²) in [5.41, 5.74) is 0. The lowest BCUT2D eigenvalue weighted by atomic mass is 10.0. The third-order valence-corrected chi connectivity index (χ3v) is 10.5. The highest BCUT2D eigenvalue weighted by atomic mass is 32.2. The van der Waals surface area contributed by atoms with Gasteiger partial charge < -0.3 is 14.4 Å². The summed E-state index contributed by atoms with van der Waals surface area (Å²) < 4.78 is 33.2. The minimum absolute atomic E-state index is 0.126. The van der Waals surface area contributed by atoms with Crippen LogP contribution in [0.2, 0.25) is 0 Å². The summed E-state index contributed by atoms with van der Waals surface area (Å²) >= 11 is 0.974. The first-order valence-electron chi connectivity index (χ1n) is 20.3. The molecule has 11 heteroatoms. The highest BCUT2D eigenvalue weighted by Crippen LogP contribution is 2.43. The fourth-order valence-electron chi connectivity index (χ4n) is 5.75. The van der Waals surface area contributed by atoms with Crippen LogP contribution in [0.1, 0.15) is 201 Å². The number of carbonyl (C=O) groups is 3. The molecule has 0 aromatic carbocycles. The van der Waals surface area contributed by atoms with E-state index in [1.54, 1.807) is 0 Å². The smallest absolute Gasteiger partial charge is 0.462 e. The lowest BCUT2D eigenvalue weighted by Crippen LogP contribution is -2.29. The molecule has 0 aliphatic heterocycles. The van der Waals surface area contributed by atoms with Crippen LogP contribution in [0.3, 0.4) is 0 Å². The molecule has 0 heterocycles. The van der Waals surface area contributed by atoms with Gasteiger partial charge >= 0.3 is 19.8 Å². The molecule has 0 rings (SSSR count). The second-order valence-corrected chi connectivity index (χ2v) is 16.4. The Morgan fingerprint density at radius 3 is 1.34 bits per heavy atom. The molecule has 0 fully saturated rings. The number of hydrogen-bond acceptors (Lipinski definition) is 9. The molecule has 0 aliphatic rings. The van der Waals surface area contributed by atoms with Crippen LogP contribution in [0.15, 0.2) is 0 Å². The molecule has 0 amide bonds. The number of phosphoric acid groups is 1. The zero-order valence-corrected chi connectivity index (χ0v) is 34.0. The molecule has 296 valence electrons. The number of carbonyl (C=O) groups excluding carboxylic acids is 3. The Morgan fingerprint density at radius 1 is 0.560 bits per heavy atom. The molecule has 0 aromatic heterocycles. The molecule has 0 radical (unpaired) electrons. The maximum absolute atomic E-state index is 12.6. The van der Waals surface area contributed by atoms with Gasteiger partial charge in [-0.25, -0.2) is 4.57 Å². The first-order chi connectivity index (χ1) is 24.2. The van der Waals surface area contributed by atoms with Gasteiger partial charge in [-0.1, -0.05) is 180 Å². The Bertz CT molecular complexity index is 857. The summed E-state index contributed by atoms with van der Waals surface area (Å²) in [4.78, 5) is 46.1. The molecular weight excluding hydrogens is 675 g/mol. The first-order valence-corrected chi connectivity index (χ1v) is 22.8. The van der Waals surface area contributed by atoms with Gasteiger partial charge in [-0.3, -0.25) is 23.4 Å². The normalized spacial score (nSPS) is 13.2. The molecule has 1 N–H and O–H groups in total. The van der Waals surface area contributed by atoms with Crippen LogP contribution in [0.4, 0.5) is 0 Å². The second kappa shape index (κ2) is 36.4. The summed E-state index contributed by atoms with van der Waals surface area (Å²) in [6.45, 7) is 5.01. The first kappa shape index (κ1) is 49.1. The standard InChI is InChI=1S/C39H75O9PS/c1-4-6-8-10-12-14-16-18-20-22-24-26-28-30-38(41)45-34-37(35-47-49(43,44)46-32-33-50-36(3)40)48-39(42)31-29-27-25-23-21-19-17-15-13-11-9-7-5-2/h37H,4-35H2,1-3H3,(H,43,44)/t37-/m1/s1. The highest BCUT2D eigenvalue weighted by molar-refractivity contribution is 8.13. The van der Waals surface area contributed by atoms with Crippen LogP contribution < -0.4 is 0 Å². The van der Waals surface area contributed by atoms with Crippen LogP contribution in [0, 0.1) is 0 Å². The minimum Gasteiger partial charge on any atom is -0.462 e.